The molecular weight excluding hydrogens is 368 g/mol. The van der Waals surface area contributed by atoms with Gasteiger partial charge < -0.3 is 5.32 Å². The first-order chi connectivity index (χ1) is 13.2. The van der Waals surface area contributed by atoms with Crippen LogP contribution in [0.1, 0.15) is 20.8 Å². The van der Waals surface area contributed by atoms with Gasteiger partial charge >= 0.3 is 0 Å². The molecule has 0 fully saturated rings. The maximum Gasteiger partial charge on any atom is 0.269 e. The minimum atomic E-state index is -0.547. The summed E-state index contributed by atoms with van der Waals surface area (Å²) in [4.78, 5) is 12.4. The van der Waals surface area contributed by atoms with E-state index in [1.54, 1.807) is 16.8 Å². The molecule has 0 bridgehead atoms. The Kier molecular flexibility index (Phi) is 4.68. The van der Waals surface area contributed by atoms with Crippen LogP contribution in [0.3, 0.4) is 0 Å². The Labute approximate surface area is 158 Å². The van der Waals surface area contributed by atoms with Crippen LogP contribution in [0.5, 0.6) is 0 Å². The largest absolute Gasteiger partial charge is 0.304 e. The summed E-state index contributed by atoms with van der Waals surface area (Å²) in [6.45, 7) is -0.0310. The van der Waals surface area contributed by atoms with Crippen molar-refractivity contribution in [2.75, 3.05) is 5.32 Å². The molecule has 0 saturated heterocycles. The SMILES string of the molecule is O=C(Nc1nn(Cc2ccc(CF)cc2)c2ccccc12)c1sccc1F. The number of carbonyl (C=O) groups excluding carboxylic acids is 1. The molecule has 2 aromatic heterocycles. The molecule has 7 heteroatoms. The lowest BCUT2D eigenvalue weighted by Gasteiger charge is -2.04. The molecule has 2 aromatic carbocycles. The van der Waals surface area contributed by atoms with Crippen LogP contribution in [-0.4, -0.2) is 15.7 Å². The van der Waals surface area contributed by atoms with Gasteiger partial charge in [-0.3, -0.25) is 9.48 Å². The molecule has 27 heavy (non-hydrogen) atoms. The molecule has 4 nitrogen and oxygen atoms in total. The van der Waals surface area contributed by atoms with E-state index in [1.807, 2.05) is 36.4 Å². The fraction of sp³-hybridized carbons (Fsp3) is 0.100. The number of thiophene rings is 1. The molecule has 0 spiro atoms. The van der Waals surface area contributed by atoms with E-state index in [-0.39, 0.29) is 4.88 Å². The molecule has 0 aliphatic heterocycles. The number of rotatable bonds is 5. The second-order valence-electron chi connectivity index (χ2n) is 6.03. The number of fused-ring (bicyclic) bond motifs is 1. The molecule has 0 aliphatic carbocycles. The zero-order valence-electron chi connectivity index (χ0n) is 14.2. The van der Waals surface area contributed by atoms with Crippen molar-refractivity contribution in [3.63, 3.8) is 0 Å². The third kappa shape index (κ3) is 3.46. The number of carbonyl (C=O) groups is 1. The molecule has 4 aromatic rings. The number of halogens is 2. The van der Waals surface area contributed by atoms with Crippen molar-refractivity contribution < 1.29 is 13.6 Å². The smallest absolute Gasteiger partial charge is 0.269 e. The molecule has 4 rings (SSSR count). The third-order valence-electron chi connectivity index (χ3n) is 4.22. The standard InChI is InChI=1S/C20H15F2N3OS/c21-11-13-5-7-14(8-6-13)12-25-17-4-2-1-3-15(17)19(24-25)23-20(26)18-16(22)9-10-27-18/h1-10H,11-12H2,(H,23,24,26). The molecule has 0 unspecified atom stereocenters. The number of hydrogen-bond donors (Lipinski definition) is 1. The highest BCUT2D eigenvalue weighted by atomic mass is 32.1. The molecule has 1 amide bonds. The second kappa shape index (κ2) is 7.28. The molecular formula is C20H15F2N3OS. The summed E-state index contributed by atoms with van der Waals surface area (Å²) in [6.07, 6.45) is 0. The van der Waals surface area contributed by atoms with Gasteiger partial charge in [0.1, 0.15) is 17.4 Å². The quantitative estimate of drug-likeness (QED) is 0.527. The minimum Gasteiger partial charge on any atom is -0.304 e. The van der Waals surface area contributed by atoms with Crippen LogP contribution in [0.25, 0.3) is 10.9 Å². The van der Waals surface area contributed by atoms with Gasteiger partial charge in [0, 0.05) is 5.39 Å². The van der Waals surface area contributed by atoms with E-state index >= 15 is 0 Å². The Hall–Kier alpha value is -3.06. The second-order valence-corrected chi connectivity index (χ2v) is 6.94. The van der Waals surface area contributed by atoms with Gasteiger partial charge in [-0.2, -0.15) is 5.10 Å². The molecule has 2 heterocycles. The van der Waals surface area contributed by atoms with E-state index < -0.39 is 18.4 Å². The van der Waals surface area contributed by atoms with Gasteiger partial charge in [-0.05, 0) is 34.7 Å². The number of anilines is 1. The molecule has 0 saturated carbocycles. The highest BCUT2D eigenvalue weighted by molar-refractivity contribution is 7.12. The van der Waals surface area contributed by atoms with Gasteiger partial charge in [0.2, 0.25) is 0 Å². The van der Waals surface area contributed by atoms with Crippen molar-refractivity contribution in [1.29, 1.82) is 0 Å². The summed E-state index contributed by atoms with van der Waals surface area (Å²) < 4.78 is 28.1. The Bertz CT molecular complexity index is 1100. The lowest BCUT2D eigenvalue weighted by Crippen LogP contribution is -2.12. The van der Waals surface area contributed by atoms with Crippen molar-refractivity contribution >= 4 is 34.0 Å². The van der Waals surface area contributed by atoms with Crippen molar-refractivity contribution in [3.05, 3.63) is 81.8 Å². The summed E-state index contributed by atoms with van der Waals surface area (Å²) >= 11 is 1.04. The van der Waals surface area contributed by atoms with Crippen LogP contribution < -0.4 is 5.32 Å². The minimum absolute atomic E-state index is 0.0236. The third-order valence-corrected chi connectivity index (χ3v) is 5.11. The Morgan fingerprint density at radius 2 is 1.81 bits per heavy atom. The zero-order valence-corrected chi connectivity index (χ0v) is 15.0. The predicted octanol–water partition coefficient (Wildman–Crippen LogP) is 5.01. The fourth-order valence-corrected chi connectivity index (χ4v) is 3.53. The van der Waals surface area contributed by atoms with Crippen molar-refractivity contribution in [3.8, 4) is 0 Å². The zero-order chi connectivity index (χ0) is 18.8. The number of amides is 1. The van der Waals surface area contributed by atoms with E-state index in [9.17, 15) is 13.6 Å². The number of para-hydroxylation sites is 1. The Balaban J connectivity index is 1.66. The molecule has 0 atom stereocenters. The van der Waals surface area contributed by atoms with Crippen LogP contribution in [0.4, 0.5) is 14.6 Å². The molecule has 1 N–H and O–H groups in total. The number of nitrogens with zero attached hydrogens (tertiary/aromatic N) is 2. The van der Waals surface area contributed by atoms with Crippen LogP contribution in [0.2, 0.25) is 0 Å². The monoisotopic (exact) mass is 383 g/mol. The van der Waals surface area contributed by atoms with E-state index in [2.05, 4.69) is 10.4 Å². The van der Waals surface area contributed by atoms with Gasteiger partial charge in [0.25, 0.3) is 5.91 Å². The average molecular weight is 383 g/mol. The summed E-state index contributed by atoms with van der Waals surface area (Å²) in [7, 11) is 0. The fourth-order valence-electron chi connectivity index (χ4n) is 2.87. The Morgan fingerprint density at radius 3 is 2.52 bits per heavy atom. The first-order valence-corrected chi connectivity index (χ1v) is 9.17. The highest BCUT2D eigenvalue weighted by Gasteiger charge is 2.17. The maximum absolute atomic E-state index is 13.7. The van der Waals surface area contributed by atoms with Gasteiger partial charge in [-0.15, -0.1) is 11.3 Å². The topological polar surface area (TPSA) is 46.9 Å². The average Bonchev–Trinajstić information content (AvgIpc) is 3.27. The normalized spacial score (nSPS) is 11.0. The van der Waals surface area contributed by atoms with Gasteiger partial charge in [0.15, 0.2) is 5.82 Å². The van der Waals surface area contributed by atoms with Crippen LogP contribution in [0.15, 0.2) is 60.0 Å². The first kappa shape index (κ1) is 17.4. The Morgan fingerprint density at radius 1 is 1.07 bits per heavy atom. The molecule has 136 valence electrons. The van der Waals surface area contributed by atoms with E-state index in [0.29, 0.717) is 17.9 Å². The highest BCUT2D eigenvalue weighted by Crippen LogP contribution is 2.25. The van der Waals surface area contributed by atoms with Crippen molar-refractivity contribution in [1.82, 2.24) is 9.78 Å². The van der Waals surface area contributed by atoms with E-state index in [4.69, 9.17) is 0 Å². The van der Waals surface area contributed by atoms with E-state index in [1.165, 1.54) is 11.4 Å². The summed E-state index contributed by atoms with van der Waals surface area (Å²) in [5.41, 5.74) is 2.42. The number of aromatic nitrogens is 2. The number of alkyl halides is 1. The van der Waals surface area contributed by atoms with Crippen LogP contribution in [-0.2, 0) is 13.2 Å². The maximum atomic E-state index is 13.7. The van der Waals surface area contributed by atoms with Crippen molar-refractivity contribution in [2.24, 2.45) is 0 Å². The lowest BCUT2D eigenvalue weighted by atomic mass is 10.1. The van der Waals surface area contributed by atoms with Gasteiger partial charge in [-0.25, -0.2) is 8.78 Å². The first-order valence-electron chi connectivity index (χ1n) is 8.29. The molecule has 0 aliphatic rings. The van der Waals surface area contributed by atoms with Gasteiger partial charge in [0.05, 0.1) is 12.1 Å². The van der Waals surface area contributed by atoms with Gasteiger partial charge in [-0.1, -0.05) is 36.4 Å². The predicted molar refractivity (Wildman–Crippen MR) is 102 cm³/mol. The number of benzene rings is 2. The molecule has 0 radical (unpaired) electrons. The summed E-state index contributed by atoms with van der Waals surface area (Å²) in [5, 5.41) is 9.50. The number of nitrogens with one attached hydrogen (secondary N) is 1. The van der Waals surface area contributed by atoms with Crippen LogP contribution in [0, 0.1) is 5.82 Å². The summed E-state index contributed by atoms with van der Waals surface area (Å²) in [5.74, 6) is -0.692. The lowest BCUT2D eigenvalue weighted by molar-refractivity contribution is 0.102. The van der Waals surface area contributed by atoms with E-state index in [0.717, 1.165) is 27.8 Å². The summed E-state index contributed by atoms with van der Waals surface area (Å²) in [6, 6.07) is 15.9. The van der Waals surface area contributed by atoms with Crippen molar-refractivity contribution in [2.45, 2.75) is 13.2 Å². The van der Waals surface area contributed by atoms with Crippen LogP contribution >= 0.6 is 11.3 Å². The number of hydrogen-bond acceptors (Lipinski definition) is 3.